The van der Waals surface area contributed by atoms with Crippen molar-refractivity contribution in [3.63, 3.8) is 0 Å². The molecule has 1 aliphatic carbocycles. The van der Waals surface area contributed by atoms with Gasteiger partial charge in [0.2, 0.25) is 17.7 Å². The monoisotopic (exact) mass is 307 g/mol. The van der Waals surface area contributed by atoms with Crippen molar-refractivity contribution in [1.82, 2.24) is 9.80 Å². The van der Waals surface area contributed by atoms with E-state index in [0.29, 0.717) is 38.1 Å². The van der Waals surface area contributed by atoms with E-state index in [9.17, 15) is 14.4 Å². The molecular formula is C15H21N3O4. The van der Waals surface area contributed by atoms with Crippen LogP contribution in [-0.4, -0.2) is 58.1 Å². The van der Waals surface area contributed by atoms with Gasteiger partial charge in [-0.2, -0.15) is 0 Å². The fourth-order valence-electron chi connectivity index (χ4n) is 3.71. The number of hydrogen-bond donors (Lipinski definition) is 1. The second-order valence-electron chi connectivity index (χ2n) is 6.33. The van der Waals surface area contributed by atoms with Crippen LogP contribution in [0.4, 0.5) is 0 Å². The molecule has 0 unspecified atom stereocenters. The normalized spacial score (nSPS) is 30.8. The molecule has 2 saturated heterocycles. The summed E-state index contributed by atoms with van der Waals surface area (Å²) in [6.45, 7) is 1.28. The molecule has 1 N–H and O–H groups in total. The van der Waals surface area contributed by atoms with Gasteiger partial charge in [0, 0.05) is 19.5 Å². The number of hydrogen-bond acceptors (Lipinski definition) is 5. The average molecular weight is 307 g/mol. The van der Waals surface area contributed by atoms with Crippen molar-refractivity contribution < 1.29 is 19.6 Å². The molecule has 7 nitrogen and oxygen atoms in total. The van der Waals surface area contributed by atoms with Crippen molar-refractivity contribution in [2.45, 2.75) is 38.5 Å². The van der Waals surface area contributed by atoms with Crippen LogP contribution in [0.2, 0.25) is 0 Å². The molecule has 0 aromatic heterocycles. The third-order valence-corrected chi connectivity index (χ3v) is 5.00. The number of oxime groups is 1. The standard InChI is InChI=1S/C15H21N3O4/c19-13(17-6-2-1-3-7-17)9-18-14(20)11-5-4-10(16-22)8-12(11)15(18)21/h11-12,22H,1-9H2/b16-10+/t11-,12-/m0/s1. The summed E-state index contributed by atoms with van der Waals surface area (Å²) in [6, 6.07) is 0. The molecule has 2 heterocycles. The Morgan fingerprint density at radius 3 is 2.50 bits per heavy atom. The number of carbonyl (C=O) groups excluding carboxylic acids is 3. The van der Waals surface area contributed by atoms with Gasteiger partial charge >= 0.3 is 0 Å². The van der Waals surface area contributed by atoms with Gasteiger partial charge in [-0.25, -0.2) is 0 Å². The smallest absolute Gasteiger partial charge is 0.242 e. The van der Waals surface area contributed by atoms with E-state index in [-0.39, 0.29) is 30.2 Å². The minimum atomic E-state index is -0.457. The van der Waals surface area contributed by atoms with E-state index in [0.717, 1.165) is 24.2 Å². The quantitative estimate of drug-likeness (QED) is 0.460. The Morgan fingerprint density at radius 2 is 1.82 bits per heavy atom. The summed E-state index contributed by atoms with van der Waals surface area (Å²) >= 11 is 0. The highest BCUT2D eigenvalue weighted by atomic mass is 16.4. The molecule has 3 aliphatic rings. The van der Waals surface area contributed by atoms with Crippen molar-refractivity contribution in [3.8, 4) is 0 Å². The second-order valence-corrected chi connectivity index (χ2v) is 6.33. The summed E-state index contributed by atoms with van der Waals surface area (Å²) in [5.74, 6) is -1.48. The van der Waals surface area contributed by atoms with Crippen LogP contribution in [0.5, 0.6) is 0 Å². The van der Waals surface area contributed by atoms with E-state index in [2.05, 4.69) is 5.16 Å². The third kappa shape index (κ3) is 2.60. The zero-order chi connectivity index (χ0) is 15.7. The van der Waals surface area contributed by atoms with E-state index in [1.807, 2.05) is 0 Å². The topological polar surface area (TPSA) is 90.3 Å². The first-order valence-electron chi connectivity index (χ1n) is 7.94. The Hall–Kier alpha value is -1.92. The summed E-state index contributed by atoms with van der Waals surface area (Å²) in [7, 11) is 0. The van der Waals surface area contributed by atoms with Gasteiger partial charge < -0.3 is 10.1 Å². The fraction of sp³-hybridized carbons (Fsp3) is 0.733. The first-order chi connectivity index (χ1) is 10.6. The van der Waals surface area contributed by atoms with Crippen LogP contribution in [0, 0.1) is 11.8 Å². The molecule has 3 rings (SSSR count). The predicted octanol–water partition coefficient (Wildman–Crippen LogP) is 0.614. The summed E-state index contributed by atoms with van der Waals surface area (Å²) in [5.41, 5.74) is 0.562. The average Bonchev–Trinajstić information content (AvgIpc) is 2.80. The van der Waals surface area contributed by atoms with Crippen molar-refractivity contribution in [2.24, 2.45) is 17.0 Å². The van der Waals surface area contributed by atoms with Crippen molar-refractivity contribution >= 4 is 23.4 Å². The number of imide groups is 1. The third-order valence-electron chi connectivity index (χ3n) is 5.00. The fourth-order valence-corrected chi connectivity index (χ4v) is 3.71. The Kier molecular flexibility index (Phi) is 4.13. The number of carbonyl (C=O) groups is 3. The number of rotatable bonds is 2. The molecule has 0 radical (unpaired) electrons. The van der Waals surface area contributed by atoms with E-state index in [1.165, 1.54) is 0 Å². The number of amides is 3. The molecule has 0 bridgehead atoms. The number of fused-ring (bicyclic) bond motifs is 1. The lowest BCUT2D eigenvalue weighted by Gasteiger charge is -2.28. The van der Waals surface area contributed by atoms with Crippen LogP contribution in [0.1, 0.15) is 38.5 Å². The lowest BCUT2D eigenvalue weighted by atomic mass is 9.80. The van der Waals surface area contributed by atoms with Crippen LogP contribution in [0.15, 0.2) is 5.16 Å². The minimum absolute atomic E-state index is 0.143. The van der Waals surface area contributed by atoms with Crippen LogP contribution < -0.4 is 0 Å². The highest BCUT2D eigenvalue weighted by molar-refractivity contribution is 6.09. The Balaban J connectivity index is 1.68. The first-order valence-corrected chi connectivity index (χ1v) is 7.94. The number of likely N-dealkylation sites (tertiary alicyclic amines) is 2. The van der Waals surface area contributed by atoms with Gasteiger partial charge in [-0.15, -0.1) is 0 Å². The highest BCUT2D eigenvalue weighted by Gasteiger charge is 2.50. The Morgan fingerprint density at radius 1 is 1.14 bits per heavy atom. The molecule has 0 aromatic rings. The van der Waals surface area contributed by atoms with Gasteiger partial charge in [0.25, 0.3) is 0 Å². The van der Waals surface area contributed by atoms with Crippen molar-refractivity contribution in [2.75, 3.05) is 19.6 Å². The summed E-state index contributed by atoms with van der Waals surface area (Å²) < 4.78 is 0. The molecule has 7 heteroatoms. The number of nitrogens with zero attached hydrogens (tertiary/aromatic N) is 3. The molecule has 22 heavy (non-hydrogen) atoms. The van der Waals surface area contributed by atoms with Crippen molar-refractivity contribution in [3.05, 3.63) is 0 Å². The van der Waals surface area contributed by atoms with Crippen LogP contribution in [0.25, 0.3) is 0 Å². The van der Waals surface area contributed by atoms with Gasteiger partial charge in [0.15, 0.2) is 0 Å². The van der Waals surface area contributed by atoms with Gasteiger partial charge in [-0.3, -0.25) is 19.3 Å². The zero-order valence-corrected chi connectivity index (χ0v) is 12.5. The molecule has 2 aliphatic heterocycles. The molecule has 3 amide bonds. The van der Waals surface area contributed by atoms with E-state index in [4.69, 9.17) is 5.21 Å². The molecule has 2 atom stereocenters. The molecular weight excluding hydrogens is 286 g/mol. The maximum absolute atomic E-state index is 12.4. The largest absolute Gasteiger partial charge is 0.411 e. The maximum atomic E-state index is 12.4. The lowest BCUT2D eigenvalue weighted by Crippen LogP contribution is -2.44. The van der Waals surface area contributed by atoms with Gasteiger partial charge in [0.1, 0.15) is 6.54 Å². The van der Waals surface area contributed by atoms with Crippen LogP contribution >= 0.6 is 0 Å². The zero-order valence-electron chi connectivity index (χ0n) is 12.5. The molecule has 0 aromatic carbocycles. The Labute approximate surface area is 128 Å². The summed E-state index contributed by atoms with van der Waals surface area (Å²) in [6.07, 6.45) is 4.46. The SMILES string of the molecule is O=C(CN1C(=O)[C@H]2CC/C(=N\O)C[C@@H]2C1=O)N1CCCCC1. The molecule has 120 valence electrons. The van der Waals surface area contributed by atoms with Crippen LogP contribution in [-0.2, 0) is 14.4 Å². The highest BCUT2D eigenvalue weighted by Crippen LogP contribution is 2.37. The van der Waals surface area contributed by atoms with Gasteiger partial charge in [-0.1, -0.05) is 5.16 Å². The minimum Gasteiger partial charge on any atom is -0.411 e. The Bertz CT molecular complexity index is 525. The summed E-state index contributed by atoms with van der Waals surface area (Å²) in [5, 5.41) is 12.0. The van der Waals surface area contributed by atoms with Crippen molar-refractivity contribution in [1.29, 1.82) is 0 Å². The predicted molar refractivity (Wildman–Crippen MR) is 77.2 cm³/mol. The lowest BCUT2D eigenvalue weighted by molar-refractivity contribution is -0.146. The van der Waals surface area contributed by atoms with E-state index in [1.54, 1.807) is 4.90 Å². The van der Waals surface area contributed by atoms with E-state index < -0.39 is 5.92 Å². The van der Waals surface area contributed by atoms with Crippen LogP contribution in [0.3, 0.4) is 0 Å². The van der Waals surface area contributed by atoms with E-state index >= 15 is 0 Å². The maximum Gasteiger partial charge on any atom is 0.242 e. The molecule has 0 spiro atoms. The summed E-state index contributed by atoms with van der Waals surface area (Å²) in [4.78, 5) is 40.0. The molecule has 3 fully saturated rings. The number of piperidine rings is 1. The van der Waals surface area contributed by atoms with Gasteiger partial charge in [0.05, 0.1) is 17.5 Å². The first kappa shape index (κ1) is 15.0. The van der Waals surface area contributed by atoms with Gasteiger partial charge in [-0.05, 0) is 32.1 Å². The molecule has 1 saturated carbocycles. The second kappa shape index (κ2) is 6.06.